The summed E-state index contributed by atoms with van der Waals surface area (Å²) in [5.41, 5.74) is 9.57. The van der Waals surface area contributed by atoms with E-state index in [1.807, 2.05) is 226 Å². The van der Waals surface area contributed by atoms with E-state index >= 15 is 0 Å². The molecule has 8 amide bonds. The highest BCUT2D eigenvalue weighted by Crippen LogP contribution is 2.50. The zero-order chi connectivity index (χ0) is 100. The molecule has 25 nitrogen and oxygen atoms in total. The molecule has 1 N–H and O–H groups in total. The maximum absolute atomic E-state index is 12.2. The van der Waals surface area contributed by atoms with Gasteiger partial charge < -0.3 is 43.2 Å². The molecule has 8 saturated heterocycles. The van der Waals surface area contributed by atoms with E-state index in [9.17, 15) is 43.2 Å². The number of ketones is 1. The lowest BCUT2D eigenvalue weighted by molar-refractivity contribution is -0.158. The van der Waals surface area contributed by atoms with Crippen LogP contribution >= 0.6 is 165 Å². The van der Waals surface area contributed by atoms with Gasteiger partial charge in [0.1, 0.15) is 42.3 Å². The van der Waals surface area contributed by atoms with Gasteiger partial charge in [-0.15, -0.1) is 0 Å². The van der Waals surface area contributed by atoms with Crippen LogP contribution in [0, 0.1) is 0 Å². The molecule has 39 heteroatoms. The topological polar surface area (TPSA) is 262 Å². The first-order valence-corrected chi connectivity index (χ1v) is 53.5. The first-order valence-electron chi connectivity index (χ1n) is 43.3. The zero-order valence-corrected chi connectivity index (χ0v) is 89.2. The highest BCUT2D eigenvalue weighted by molar-refractivity contribution is 7.98. The number of hydrogen-bond acceptors (Lipinski definition) is 24. The number of ether oxygens (including phenoxy) is 8. The van der Waals surface area contributed by atoms with Crippen molar-refractivity contribution in [2.75, 3.05) is 93.4 Å². The van der Waals surface area contributed by atoms with Crippen LogP contribution in [0.1, 0.15) is 142 Å². The van der Waals surface area contributed by atoms with E-state index in [-0.39, 0.29) is 114 Å². The van der Waals surface area contributed by atoms with E-state index in [1.54, 1.807) is 103 Å². The summed E-state index contributed by atoms with van der Waals surface area (Å²) in [6, 6.07) is 69.6. The van der Waals surface area contributed by atoms with Crippen molar-refractivity contribution in [3.05, 3.63) is 315 Å². The molecule has 9 aromatic rings. The normalized spacial score (nSPS) is 23.4. The van der Waals surface area contributed by atoms with Gasteiger partial charge in [-0.05, 0) is 154 Å². The predicted molar refractivity (Wildman–Crippen MR) is 558 cm³/mol. The van der Waals surface area contributed by atoms with Crippen LogP contribution in [-0.2, 0) is 82.0 Å². The summed E-state index contributed by atoms with van der Waals surface area (Å²) in [5.74, 6) is 2.56. The second-order valence-corrected chi connectivity index (χ2v) is 40.2. The van der Waals surface area contributed by atoms with Crippen molar-refractivity contribution in [2.45, 2.75) is 137 Å². The summed E-state index contributed by atoms with van der Waals surface area (Å²) in [7, 11) is 12.4. The Morgan fingerprint density at radius 2 is 0.623 bits per heavy atom. The number of β-lactam (4-membered cyclic amide) rings is 8. The van der Waals surface area contributed by atoms with Crippen LogP contribution in [0.25, 0.3) is 0 Å². The number of unbranched alkanes of at least 4 members (excludes halogenated alkanes) is 1. The largest absolute Gasteiger partial charge is 0.369 e. The summed E-state index contributed by atoms with van der Waals surface area (Å²) in [4.78, 5) is 105. The summed E-state index contributed by atoms with van der Waals surface area (Å²) < 4.78 is 53.8. The number of hydrogen-bond donors (Lipinski definition) is 1. The summed E-state index contributed by atoms with van der Waals surface area (Å²) >= 11 is 52.7. The molecule has 0 bridgehead atoms. The van der Waals surface area contributed by atoms with Gasteiger partial charge in [-0.1, -0.05) is 319 Å². The van der Waals surface area contributed by atoms with Gasteiger partial charge in [0.15, 0.2) is 54.6 Å². The Morgan fingerprint density at radius 1 is 0.319 bits per heavy atom. The van der Waals surface area contributed by atoms with E-state index < -0.39 is 36.6 Å². The Hall–Kier alpha value is -7.43. The molecule has 738 valence electrons. The third-order valence-electron chi connectivity index (χ3n) is 23.1. The minimum Gasteiger partial charge on any atom is -0.369 e. The average Bonchev–Trinajstić information content (AvgIpc) is 0.752. The lowest BCUT2D eigenvalue weighted by Crippen LogP contribution is -2.56. The van der Waals surface area contributed by atoms with Crippen LogP contribution in [0.2, 0.25) is 35.2 Å². The second-order valence-electron chi connectivity index (χ2n) is 31.0. The van der Waals surface area contributed by atoms with Gasteiger partial charge in [0.2, 0.25) is 0 Å². The molecule has 8 fully saturated rings. The summed E-state index contributed by atoms with van der Waals surface area (Å²) in [6.07, 6.45) is 6.46. The van der Waals surface area contributed by atoms with Gasteiger partial charge in [-0.2, -0.15) is 0 Å². The third-order valence-corrected chi connectivity index (χ3v) is 31.7. The van der Waals surface area contributed by atoms with E-state index in [0.717, 1.165) is 74.6 Å². The summed E-state index contributed by atoms with van der Waals surface area (Å²) in [5, 5.41) is 7.46. The van der Waals surface area contributed by atoms with E-state index in [4.69, 9.17) is 119 Å². The van der Waals surface area contributed by atoms with Gasteiger partial charge in [0.25, 0.3) is 47.3 Å². The molecule has 0 spiro atoms. The van der Waals surface area contributed by atoms with Crippen LogP contribution in [0.5, 0.6) is 0 Å². The van der Waals surface area contributed by atoms with Gasteiger partial charge in [0, 0.05) is 140 Å². The smallest absolute Gasteiger partial charge is 0.264 e. The van der Waals surface area contributed by atoms with Crippen LogP contribution in [0.15, 0.2) is 224 Å². The number of carbonyl (C=O) groups is 9. The lowest BCUT2D eigenvalue weighted by Gasteiger charge is -2.45. The SMILES string of the molecule is CCCCSN1C(=O)C(OC)C1c1ccccc1Cl.CCSN1C(=O)C(OC)C1c1ccccc1Cl.COC1C(=O)N(SC)C1c1ccc(C(C)=O)cc1.COC1C(=O)N(SC)C1c1ccc(Cl)cc1.COC1C(=O)N(SC)C1c1cccc(Cl)c1.COC1C(=O)N(SC)C1c1ccccc1Cl.COC1C(=O)N(SCc2ccccc2)C1c1ccccc1Cl.COC1C(=O)NC1c1ccccc1Cl. The van der Waals surface area contributed by atoms with Crippen LogP contribution in [-0.4, -0.2) is 225 Å². The van der Waals surface area contributed by atoms with Gasteiger partial charge in [0.05, 0.1) is 6.04 Å². The Labute approximate surface area is 871 Å². The molecule has 0 aliphatic carbocycles. The molecule has 17 rings (SSSR count). The predicted octanol–water partition coefficient (Wildman–Crippen LogP) is 21.8. The lowest BCUT2D eigenvalue weighted by atomic mass is 9.93. The first-order chi connectivity index (χ1) is 66.5. The van der Waals surface area contributed by atoms with Crippen LogP contribution in [0.3, 0.4) is 0 Å². The number of Topliss-reactive ketones (excluding diaryl/α,β-unsaturated/α-hetero) is 1. The number of rotatable bonds is 30. The first kappa shape index (κ1) is 113. The maximum atomic E-state index is 12.2. The molecule has 138 heavy (non-hydrogen) atoms. The zero-order valence-electron chi connectivity index (χ0n) is 78.2. The molecule has 8 heterocycles. The molecule has 16 atom stereocenters. The van der Waals surface area contributed by atoms with Crippen molar-refractivity contribution in [3.8, 4) is 0 Å². The molecule has 8 aliphatic heterocycles. The number of amides is 8. The fraction of sp³-hybridized carbons (Fsp3) is 0.364. The van der Waals surface area contributed by atoms with Crippen molar-refractivity contribution >= 4 is 218 Å². The van der Waals surface area contributed by atoms with E-state index in [2.05, 4.69) is 24.4 Å². The third kappa shape index (κ3) is 26.2. The van der Waals surface area contributed by atoms with Crippen molar-refractivity contribution < 1.29 is 81.0 Å². The standard InChI is InChI=1S/C17H16ClNO2S.C14H18ClNO2S.C13H15NO3S.C12H14ClNO2S.3C11H12ClNO2S.C10H10ClNO2/c1-21-16-15(13-9-5-6-10-14(13)18)19(17(16)20)22-11-12-7-3-2-4-8-12;1-3-4-9-19-16-12(13(18-2)14(16)17)10-7-5-6-8-11(10)15;1-8(15)9-4-6-10(7-5-9)11-12(17-2)13(16)14(11)18-3;1-3-17-14-10(11(16-2)12(14)15)8-6-4-5-7-9(8)13;1-15-10-9(13(16-2)11(10)14)7-3-5-8(12)6-4-7;1-15-10-9(13(16-2)11(10)14)7-4-3-5-8(12)6-7;1-15-10-9(13(16-2)11(10)14)7-5-3-4-6-8(7)12;1-14-9-8(12-10(9)13)6-4-2-3-5-7(6)11/h2-10,15-16H,11H2,1H3;5-8,12-13H,3-4,9H2,1-2H3;4-7,11-12H,1-3H3;4-7,10-11H,3H2,1-2H3;3*3-6,9-10H,1-2H3;2-5,8-9H,1H3,(H,12,13). The quantitative estimate of drug-likeness (QED) is 0.0190. The minimum absolute atomic E-state index is 0.0000743. The van der Waals surface area contributed by atoms with Crippen LogP contribution in [0.4, 0.5) is 0 Å². The van der Waals surface area contributed by atoms with E-state index in [1.165, 1.54) is 98.4 Å². The molecule has 0 saturated carbocycles. The average molecular weight is 2160 g/mol. The van der Waals surface area contributed by atoms with Crippen molar-refractivity contribution in [3.63, 3.8) is 0 Å². The Kier molecular flexibility index (Phi) is 44.7. The Balaban J connectivity index is 0.000000163. The maximum Gasteiger partial charge on any atom is 0.264 e. The molecule has 0 aromatic heterocycles. The monoisotopic (exact) mass is 2150 g/mol. The van der Waals surface area contributed by atoms with Crippen LogP contribution < -0.4 is 5.32 Å². The fourth-order valence-corrected chi connectivity index (χ4v) is 23.6. The van der Waals surface area contributed by atoms with Crippen molar-refractivity contribution in [2.24, 2.45) is 0 Å². The number of nitrogens with zero attached hydrogens (tertiary/aromatic N) is 7. The number of nitrogens with one attached hydrogen (secondary N) is 1. The van der Waals surface area contributed by atoms with Gasteiger partial charge >= 0.3 is 0 Å². The number of methoxy groups -OCH3 is 8. The Morgan fingerprint density at radius 3 is 0.949 bits per heavy atom. The molecule has 0 radical (unpaired) electrons. The number of carbonyl (C=O) groups excluding carboxylic acids is 9. The number of benzene rings is 9. The molecular weight excluding hydrogens is 2050 g/mol. The summed E-state index contributed by atoms with van der Waals surface area (Å²) in [6.45, 7) is 5.69. The minimum atomic E-state index is -0.455. The fourth-order valence-electron chi connectivity index (χ4n) is 15.9. The van der Waals surface area contributed by atoms with Gasteiger partial charge in [-0.3, -0.25) is 73.3 Å². The number of halogens is 7. The van der Waals surface area contributed by atoms with E-state index in [0.29, 0.717) is 40.7 Å². The van der Waals surface area contributed by atoms with Crippen molar-refractivity contribution in [1.29, 1.82) is 0 Å². The molecular formula is C99H109Cl7N8O17S7. The highest BCUT2D eigenvalue weighted by atomic mass is 35.5. The van der Waals surface area contributed by atoms with Crippen molar-refractivity contribution in [1.82, 2.24) is 35.5 Å². The second kappa shape index (κ2) is 54.9. The molecule has 8 aliphatic rings. The molecule has 16 unspecified atom stereocenters. The van der Waals surface area contributed by atoms with Gasteiger partial charge in [-0.25, -0.2) is 0 Å². The highest BCUT2D eigenvalue weighted by Gasteiger charge is 2.55. The molecule has 9 aromatic carbocycles. The Bertz CT molecular complexity index is 5560.